The van der Waals surface area contributed by atoms with Crippen LogP contribution in [0.25, 0.3) is 31.1 Å². The third-order valence-electron chi connectivity index (χ3n) is 3.29. The topological polar surface area (TPSA) is 54.7 Å². The van der Waals surface area contributed by atoms with Crippen molar-refractivity contribution in [1.82, 2.24) is 10.2 Å². The number of rotatable bonds is 2. The van der Waals surface area contributed by atoms with Gasteiger partial charge in [0.05, 0.1) is 16.1 Å². The lowest BCUT2D eigenvalue weighted by Gasteiger charge is -2.03. The molecule has 0 atom stereocenters. The molecule has 104 valence electrons. The molecule has 3 aromatic heterocycles. The summed E-state index contributed by atoms with van der Waals surface area (Å²) >= 11 is 3.37. The molecule has 3 heterocycles. The fourth-order valence-corrected chi connectivity index (χ4v) is 4.47. The van der Waals surface area contributed by atoms with Crippen LogP contribution < -0.4 is 5.73 Å². The summed E-state index contributed by atoms with van der Waals surface area (Å²) in [6, 6.07) is 10.6. The average Bonchev–Trinajstić information content (AvgIpc) is 3.11. The third-order valence-corrected chi connectivity index (χ3v) is 5.40. The number of benzene rings is 1. The molecule has 0 saturated heterocycles. The minimum absolute atomic E-state index is 0.286. The van der Waals surface area contributed by atoms with Crippen molar-refractivity contribution in [2.75, 3.05) is 5.73 Å². The molecule has 0 spiro atoms. The molecule has 0 bridgehead atoms. The molecule has 3 nitrogen and oxygen atoms in total. The summed E-state index contributed by atoms with van der Waals surface area (Å²) in [5, 5.41) is 9.14. The molecule has 0 amide bonds. The Hall–Kier alpha value is -2.18. The molecule has 4 aromatic rings. The van der Waals surface area contributed by atoms with Gasteiger partial charge in [-0.2, -0.15) is 5.10 Å². The van der Waals surface area contributed by atoms with Crippen LogP contribution in [0, 0.1) is 5.82 Å². The number of nitrogens with one attached hydrogen (secondary N) is 1. The first-order chi connectivity index (χ1) is 10.2. The summed E-state index contributed by atoms with van der Waals surface area (Å²) in [7, 11) is 0. The molecular formula is C15H10FN3S2. The number of nitrogens with two attached hydrogens (primary N) is 1. The number of thiophene rings is 2. The second kappa shape index (κ2) is 4.68. The predicted octanol–water partition coefficient (Wildman–Crippen LogP) is 4.74. The van der Waals surface area contributed by atoms with Gasteiger partial charge in [0.25, 0.3) is 0 Å². The van der Waals surface area contributed by atoms with E-state index in [2.05, 4.69) is 27.7 Å². The molecule has 0 aliphatic heterocycles. The Bertz CT molecular complexity index is 907. The van der Waals surface area contributed by atoms with Crippen LogP contribution in [0.2, 0.25) is 0 Å². The van der Waals surface area contributed by atoms with Crippen LogP contribution in [0.4, 0.5) is 10.2 Å². The van der Waals surface area contributed by atoms with Gasteiger partial charge in [-0.25, -0.2) is 4.39 Å². The van der Waals surface area contributed by atoms with Crippen molar-refractivity contribution in [3.8, 4) is 21.7 Å². The summed E-state index contributed by atoms with van der Waals surface area (Å²) in [4.78, 5) is 1.06. The van der Waals surface area contributed by atoms with Crippen LogP contribution in [0.5, 0.6) is 0 Å². The molecule has 3 N–H and O–H groups in total. The van der Waals surface area contributed by atoms with E-state index in [1.165, 1.54) is 21.5 Å². The number of aromatic nitrogens is 2. The van der Waals surface area contributed by atoms with Crippen LogP contribution in [0.1, 0.15) is 0 Å². The zero-order valence-corrected chi connectivity index (χ0v) is 12.4. The summed E-state index contributed by atoms with van der Waals surface area (Å²) < 4.78 is 15.9. The fourth-order valence-electron chi connectivity index (χ4n) is 2.36. The Kier molecular flexibility index (Phi) is 2.80. The van der Waals surface area contributed by atoms with Gasteiger partial charge < -0.3 is 5.73 Å². The van der Waals surface area contributed by atoms with Crippen LogP contribution in [-0.2, 0) is 0 Å². The van der Waals surface area contributed by atoms with Crippen LogP contribution in [0.3, 0.4) is 0 Å². The normalized spacial score (nSPS) is 11.3. The summed E-state index contributed by atoms with van der Waals surface area (Å²) in [6.07, 6.45) is 0. The van der Waals surface area contributed by atoms with Crippen LogP contribution in [-0.4, -0.2) is 10.2 Å². The molecule has 0 aliphatic carbocycles. The number of fused-ring (bicyclic) bond motifs is 1. The highest BCUT2D eigenvalue weighted by molar-refractivity contribution is 7.28. The van der Waals surface area contributed by atoms with Crippen molar-refractivity contribution in [1.29, 1.82) is 0 Å². The highest BCUT2D eigenvalue weighted by Crippen LogP contribution is 2.41. The molecule has 4 rings (SSSR count). The Balaban J connectivity index is 1.92. The van der Waals surface area contributed by atoms with Crippen molar-refractivity contribution in [3.63, 3.8) is 0 Å². The Morgan fingerprint density at radius 2 is 2.05 bits per heavy atom. The number of hydrogen-bond acceptors (Lipinski definition) is 4. The highest BCUT2D eigenvalue weighted by Gasteiger charge is 2.17. The Morgan fingerprint density at radius 3 is 2.86 bits per heavy atom. The zero-order valence-electron chi connectivity index (χ0n) is 10.8. The van der Waals surface area contributed by atoms with E-state index in [0.29, 0.717) is 5.82 Å². The summed E-state index contributed by atoms with van der Waals surface area (Å²) in [6.45, 7) is 0. The highest BCUT2D eigenvalue weighted by atomic mass is 32.1. The largest absolute Gasteiger partial charge is 0.382 e. The minimum Gasteiger partial charge on any atom is -0.382 e. The van der Waals surface area contributed by atoms with Gasteiger partial charge in [-0.05, 0) is 35.2 Å². The van der Waals surface area contributed by atoms with Gasteiger partial charge in [0.15, 0.2) is 5.82 Å². The number of nitrogens with zero attached hydrogens (tertiary/aromatic N) is 1. The molecule has 0 aliphatic rings. The van der Waals surface area contributed by atoms with Crippen molar-refractivity contribution >= 4 is 37.9 Å². The molecule has 0 fully saturated rings. The molecule has 21 heavy (non-hydrogen) atoms. The first-order valence-electron chi connectivity index (χ1n) is 6.29. The monoisotopic (exact) mass is 315 g/mol. The van der Waals surface area contributed by atoms with Crippen LogP contribution >= 0.6 is 22.7 Å². The van der Waals surface area contributed by atoms with E-state index in [1.54, 1.807) is 28.7 Å². The number of H-pyrrole nitrogens is 1. The van der Waals surface area contributed by atoms with Gasteiger partial charge >= 0.3 is 0 Å². The quantitative estimate of drug-likeness (QED) is 0.561. The first-order valence-corrected chi connectivity index (χ1v) is 7.99. The SMILES string of the molecule is Nc1n[nH]c(-c2cc3sccc3s2)c1-c1cccc(F)c1. The average molecular weight is 315 g/mol. The summed E-state index contributed by atoms with van der Waals surface area (Å²) in [5.41, 5.74) is 8.29. The lowest BCUT2D eigenvalue weighted by atomic mass is 10.0. The standard InChI is InChI=1S/C15H10FN3S2/c16-9-3-1-2-8(6-9)13-14(18-19-15(13)17)12-7-11-10(21-12)4-5-20-11/h1-7H,(H3,17,18,19). The summed E-state index contributed by atoms with van der Waals surface area (Å²) in [5.74, 6) is 0.0959. The Morgan fingerprint density at radius 1 is 1.14 bits per heavy atom. The van der Waals surface area contributed by atoms with E-state index in [0.717, 1.165) is 21.7 Å². The van der Waals surface area contributed by atoms with Gasteiger partial charge in [-0.3, -0.25) is 5.10 Å². The number of halogens is 1. The number of aromatic amines is 1. The molecule has 1 aromatic carbocycles. The van der Waals surface area contributed by atoms with Crippen molar-refractivity contribution < 1.29 is 4.39 Å². The molecule has 6 heteroatoms. The molecule has 0 unspecified atom stereocenters. The zero-order chi connectivity index (χ0) is 14.4. The van der Waals surface area contributed by atoms with Gasteiger partial charge in [-0.1, -0.05) is 12.1 Å². The predicted molar refractivity (Wildman–Crippen MR) is 87.1 cm³/mol. The number of hydrogen-bond donors (Lipinski definition) is 2. The van der Waals surface area contributed by atoms with Gasteiger partial charge in [0, 0.05) is 9.40 Å². The van der Waals surface area contributed by atoms with Gasteiger partial charge in [-0.15, -0.1) is 22.7 Å². The Labute approximate surface area is 127 Å². The van der Waals surface area contributed by atoms with E-state index in [-0.39, 0.29) is 5.82 Å². The minimum atomic E-state index is -0.286. The smallest absolute Gasteiger partial charge is 0.153 e. The first kappa shape index (κ1) is 12.6. The molecular weight excluding hydrogens is 305 g/mol. The van der Waals surface area contributed by atoms with E-state index in [4.69, 9.17) is 5.73 Å². The second-order valence-corrected chi connectivity index (χ2v) is 6.66. The maximum atomic E-state index is 13.5. The van der Waals surface area contributed by atoms with Crippen molar-refractivity contribution in [3.05, 3.63) is 47.6 Å². The number of nitrogen functional groups attached to an aromatic ring is 1. The maximum Gasteiger partial charge on any atom is 0.153 e. The molecule has 0 radical (unpaired) electrons. The van der Waals surface area contributed by atoms with Crippen LogP contribution in [0.15, 0.2) is 41.8 Å². The van der Waals surface area contributed by atoms with E-state index in [9.17, 15) is 4.39 Å². The third kappa shape index (κ3) is 2.03. The second-order valence-electron chi connectivity index (χ2n) is 4.63. The lowest BCUT2D eigenvalue weighted by Crippen LogP contribution is -1.89. The van der Waals surface area contributed by atoms with E-state index in [1.807, 2.05) is 6.07 Å². The van der Waals surface area contributed by atoms with Gasteiger partial charge in [0.1, 0.15) is 5.82 Å². The maximum absolute atomic E-state index is 13.5. The number of anilines is 1. The van der Waals surface area contributed by atoms with Crippen molar-refractivity contribution in [2.24, 2.45) is 0 Å². The molecule has 0 saturated carbocycles. The van der Waals surface area contributed by atoms with E-state index < -0.39 is 0 Å². The fraction of sp³-hybridized carbons (Fsp3) is 0. The lowest BCUT2D eigenvalue weighted by molar-refractivity contribution is 0.628. The van der Waals surface area contributed by atoms with Gasteiger partial charge in [0.2, 0.25) is 0 Å². The van der Waals surface area contributed by atoms with E-state index >= 15 is 0 Å². The van der Waals surface area contributed by atoms with Crippen molar-refractivity contribution in [2.45, 2.75) is 0 Å².